The molecule has 0 aliphatic rings. The number of pyridine rings is 1. The number of aromatic nitrogens is 3. The molecule has 0 bridgehead atoms. The van der Waals surface area contributed by atoms with E-state index in [1.165, 1.54) is 6.20 Å². The Morgan fingerprint density at radius 3 is 2.96 bits per heavy atom. The number of rotatable bonds is 4. The van der Waals surface area contributed by atoms with Crippen molar-refractivity contribution in [1.29, 1.82) is 5.26 Å². The van der Waals surface area contributed by atoms with Crippen LogP contribution in [0.2, 0.25) is 0 Å². The highest BCUT2D eigenvalue weighted by Gasteiger charge is 2.15. The molecular formula is C20H15N5O2. The predicted molar refractivity (Wildman–Crippen MR) is 100 cm³/mol. The molecule has 4 aromatic rings. The number of hydrogen-bond donors (Lipinski definition) is 2. The number of aromatic amines is 1. The first-order valence-electron chi connectivity index (χ1n) is 8.40. The van der Waals surface area contributed by atoms with E-state index in [9.17, 15) is 4.79 Å². The minimum Gasteiger partial charge on any atom is -0.472 e. The average Bonchev–Trinajstić information content (AvgIpc) is 3.36. The zero-order chi connectivity index (χ0) is 18.8. The molecule has 0 fully saturated rings. The van der Waals surface area contributed by atoms with Crippen LogP contribution in [0.15, 0.2) is 53.5 Å². The highest BCUT2D eigenvalue weighted by molar-refractivity contribution is 6.05. The number of carbonyl (C=O) groups excluding carboxylic acids is 1. The van der Waals surface area contributed by atoms with Gasteiger partial charge in [0.05, 0.1) is 23.6 Å². The Kier molecular flexibility index (Phi) is 4.15. The number of hydrogen-bond acceptors (Lipinski definition) is 5. The van der Waals surface area contributed by atoms with Gasteiger partial charge in [-0.15, -0.1) is 0 Å². The summed E-state index contributed by atoms with van der Waals surface area (Å²) in [6.07, 6.45) is 5.22. The maximum atomic E-state index is 12.7. The fourth-order valence-electron chi connectivity index (χ4n) is 2.95. The summed E-state index contributed by atoms with van der Waals surface area (Å²) in [5, 5.41) is 20.0. The maximum Gasteiger partial charge on any atom is 0.274 e. The lowest BCUT2D eigenvalue weighted by Gasteiger charge is -2.09. The number of benzene rings is 1. The van der Waals surface area contributed by atoms with E-state index in [4.69, 9.17) is 9.68 Å². The molecule has 0 unspecified atom stereocenters. The zero-order valence-electron chi connectivity index (χ0n) is 14.5. The quantitative estimate of drug-likeness (QED) is 0.576. The molecule has 2 N–H and O–H groups in total. The molecule has 0 atom stereocenters. The van der Waals surface area contributed by atoms with Gasteiger partial charge in [-0.2, -0.15) is 10.4 Å². The van der Waals surface area contributed by atoms with E-state index in [2.05, 4.69) is 20.5 Å². The second-order valence-electron chi connectivity index (χ2n) is 6.00. The van der Waals surface area contributed by atoms with Crippen molar-refractivity contribution in [2.75, 3.05) is 5.32 Å². The highest BCUT2D eigenvalue weighted by atomic mass is 16.3. The third-order valence-corrected chi connectivity index (χ3v) is 4.31. The smallest absolute Gasteiger partial charge is 0.274 e. The Morgan fingerprint density at radius 1 is 1.33 bits per heavy atom. The zero-order valence-corrected chi connectivity index (χ0v) is 14.5. The Bertz CT molecular complexity index is 1170. The first kappa shape index (κ1) is 16.5. The van der Waals surface area contributed by atoms with Gasteiger partial charge < -0.3 is 9.73 Å². The number of nitrogens with zero attached hydrogens (tertiary/aromatic N) is 3. The fraction of sp³-hybridized carbons (Fsp3) is 0.100. The Balaban J connectivity index is 1.67. The molecule has 0 saturated carbocycles. The summed E-state index contributed by atoms with van der Waals surface area (Å²) in [4.78, 5) is 16.8. The number of amides is 1. The monoisotopic (exact) mass is 357 g/mol. The molecule has 3 aromatic heterocycles. The lowest BCUT2D eigenvalue weighted by atomic mass is 10.1. The van der Waals surface area contributed by atoms with Crippen molar-refractivity contribution in [2.45, 2.75) is 13.3 Å². The summed E-state index contributed by atoms with van der Waals surface area (Å²) in [6, 6.07) is 11.1. The molecule has 4 rings (SSSR count). The second-order valence-corrected chi connectivity index (χ2v) is 6.00. The molecule has 1 aromatic carbocycles. The Morgan fingerprint density at radius 2 is 2.22 bits per heavy atom. The van der Waals surface area contributed by atoms with E-state index in [0.717, 1.165) is 27.7 Å². The van der Waals surface area contributed by atoms with Crippen molar-refractivity contribution in [3.8, 4) is 17.3 Å². The maximum absolute atomic E-state index is 12.7. The van der Waals surface area contributed by atoms with Crippen LogP contribution in [-0.4, -0.2) is 21.1 Å². The van der Waals surface area contributed by atoms with Crippen molar-refractivity contribution in [2.24, 2.45) is 0 Å². The van der Waals surface area contributed by atoms with Crippen LogP contribution in [0.1, 0.15) is 28.5 Å². The van der Waals surface area contributed by atoms with Crippen LogP contribution in [0.3, 0.4) is 0 Å². The van der Waals surface area contributed by atoms with Crippen LogP contribution < -0.4 is 5.32 Å². The molecule has 27 heavy (non-hydrogen) atoms. The summed E-state index contributed by atoms with van der Waals surface area (Å²) in [6.45, 7) is 1.92. The van der Waals surface area contributed by atoms with Gasteiger partial charge in [0.2, 0.25) is 0 Å². The summed E-state index contributed by atoms with van der Waals surface area (Å²) in [5.41, 5.74) is 4.58. The average molecular weight is 357 g/mol. The second kappa shape index (κ2) is 6.77. The minimum absolute atomic E-state index is 0.316. The number of nitrogens with one attached hydrogen (secondary N) is 2. The third-order valence-electron chi connectivity index (χ3n) is 4.31. The minimum atomic E-state index is -0.316. The third kappa shape index (κ3) is 3.04. The number of carbonyl (C=O) groups is 1. The first-order chi connectivity index (χ1) is 13.2. The van der Waals surface area contributed by atoms with Crippen molar-refractivity contribution >= 4 is 22.5 Å². The molecule has 1 amide bonds. The van der Waals surface area contributed by atoms with E-state index in [0.29, 0.717) is 23.4 Å². The van der Waals surface area contributed by atoms with Gasteiger partial charge in [-0.25, -0.2) is 4.98 Å². The number of aryl methyl sites for hydroxylation is 1. The van der Waals surface area contributed by atoms with Crippen LogP contribution in [-0.2, 0) is 6.42 Å². The predicted octanol–water partition coefficient (Wildman–Crippen LogP) is 3.90. The molecule has 0 spiro atoms. The van der Waals surface area contributed by atoms with Gasteiger partial charge in [0.1, 0.15) is 17.5 Å². The lowest BCUT2D eigenvalue weighted by Crippen LogP contribution is -2.16. The number of anilines is 1. The van der Waals surface area contributed by atoms with Crippen LogP contribution >= 0.6 is 0 Å². The van der Waals surface area contributed by atoms with Gasteiger partial charge in [-0.3, -0.25) is 9.89 Å². The molecule has 0 radical (unpaired) electrons. The van der Waals surface area contributed by atoms with Crippen molar-refractivity contribution < 1.29 is 9.21 Å². The number of fused-ring (bicyclic) bond motifs is 1. The van der Waals surface area contributed by atoms with E-state index >= 15 is 0 Å². The number of H-pyrrole nitrogens is 1. The van der Waals surface area contributed by atoms with E-state index < -0.39 is 0 Å². The molecule has 132 valence electrons. The lowest BCUT2D eigenvalue weighted by molar-refractivity contribution is 0.102. The molecule has 0 aliphatic heterocycles. The Hall–Kier alpha value is -3.92. The number of nitriles is 1. The SMILES string of the molecule is CCc1cc(C#N)cnc1C(=O)Nc1ccc2[nH]nc(-c3ccoc3)c2c1. The van der Waals surface area contributed by atoms with E-state index in [1.807, 2.05) is 31.2 Å². The van der Waals surface area contributed by atoms with Gasteiger partial charge >= 0.3 is 0 Å². The van der Waals surface area contributed by atoms with Crippen LogP contribution in [0.25, 0.3) is 22.2 Å². The van der Waals surface area contributed by atoms with E-state index in [-0.39, 0.29) is 5.91 Å². The van der Waals surface area contributed by atoms with Crippen molar-refractivity contribution in [3.05, 3.63) is 65.9 Å². The van der Waals surface area contributed by atoms with Crippen molar-refractivity contribution in [3.63, 3.8) is 0 Å². The van der Waals surface area contributed by atoms with Gasteiger partial charge in [-0.1, -0.05) is 6.92 Å². The molecule has 7 nitrogen and oxygen atoms in total. The summed E-state index contributed by atoms with van der Waals surface area (Å²) in [7, 11) is 0. The van der Waals surface area contributed by atoms with Gasteiger partial charge in [0.15, 0.2) is 0 Å². The largest absolute Gasteiger partial charge is 0.472 e. The van der Waals surface area contributed by atoms with Crippen LogP contribution in [0.5, 0.6) is 0 Å². The highest BCUT2D eigenvalue weighted by Crippen LogP contribution is 2.29. The van der Waals surface area contributed by atoms with Crippen LogP contribution in [0, 0.1) is 11.3 Å². The van der Waals surface area contributed by atoms with Gasteiger partial charge in [0.25, 0.3) is 5.91 Å². The summed E-state index contributed by atoms with van der Waals surface area (Å²) in [5.74, 6) is -0.316. The van der Waals surface area contributed by atoms with Gasteiger partial charge in [-0.05, 0) is 42.3 Å². The standard InChI is InChI=1S/C20H15N5O2/c1-2-13-7-12(9-21)10-22-19(13)20(26)23-15-3-4-17-16(8-15)18(25-24-17)14-5-6-27-11-14/h3-8,10-11H,2H2,1H3,(H,23,26)(H,24,25). The molecule has 3 heterocycles. The molecular weight excluding hydrogens is 342 g/mol. The molecule has 7 heteroatoms. The topological polar surface area (TPSA) is 108 Å². The van der Waals surface area contributed by atoms with Crippen LogP contribution in [0.4, 0.5) is 5.69 Å². The first-order valence-corrected chi connectivity index (χ1v) is 8.40. The van der Waals surface area contributed by atoms with Gasteiger partial charge in [0, 0.05) is 22.8 Å². The summed E-state index contributed by atoms with van der Waals surface area (Å²) < 4.78 is 5.13. The molecule has 0 aliphatic carbocycles. The number of furan rings is 1. The van der Waals surface area contributed by atoms with E-state index in [1.54, 1.807) is 24.7 Å². The fourth-order valence-corrected chi connectivity index (χ4v) is 2.95. The molecule has 0 saturated heterocycles. The normalized spacial score (nSPS) is 10.7. The van der Waals surface area contributed by atoms with Crippen molar-refractivity contribution in [1.82, 2.24) is 15.2 Å². The summed E-state index contributed by atoms with van der Waals surface area (Å²) >= 11 is 0. The Labute approximate surface area is 154 Å².